The molecular weight excluding hydrogens is 290 g/mol. The minimum atomic E-state index is -3.63. The molecule has 0 aliphatic carbocycles. The second kappa shape index (κ2) is 4.89. The molecule has 6 heteroatoms. The number of hydrogen-bond donors (Lipinski definition) is 0. The normalized spacial score (nSPS) is 15.0. The zero-order valence-electron chi connectivity index (χ0n) is 11.3. The molecule has 1 aliphatic heterocycles. The predicted octanol–water partition coefficient (Wildman–Crippen LogP) is 3.13. The highest BCUT2D eigenvalue weighted by molar-refractivity contribution is 7.92. The van der Waals surface area contributed by atoms with Crippen molar-refractivity contribution < 1.29 is 17.9 Å². The maximum atomic E-state index is 12.6. The van der Waals surface area contributed by atoms with Crippen LogP contribution in [-0.4, -0.2) is 21.1 Å². The summed E-state index contributed by atoms with van der Waals surface area (Å²) >= 11 is 0. The standard InChI is InChI=1S/C15H13NO4S/c1-2-20-15(17)16-11-7-3-5-9-13(11)21(18,19)14-10-6-4-8-12(14)16/h3-10H,2H2,1H3. The van der Waals surface area contributed by atoms with Crippen LogP contribution >= 0.6 is 0 Å². The monoisotopic (exact) mass is 303 g/mol. The number of sulfone groups is 1. The van der Waals surface area contributed by atoms with Crippen LogP contribution in [0.5, 0.6) is 0 Å². The molecular formula is C15H13NO4S. The molecule has 1 amide bonds. The summed E-state index contributed by atoms with van der Waals surface area (Å²) in [6, 6.07) is 12.8. The van der Waals surface area contributed by atoms with Crippen LogP contribution in [0.25, 0.3) is 0 Å². The Morgan fingerprint density at radius 3 is 1.95 bits per heavy atom. The third-order valence-electron chi connectivity index (χ3n) is 3.24. The van der Waals surface area contributed by atoms with Gasteiger partial charge in [-0.25, -0.2) is 18.1 Å². The molecule has 0 atom stereocenters. The highest BCUT2D eigenvalue weighted by Gasteiger charge is 2.37. The van der Waals surface area contributed by atoms with Crippen LogP contribution in [0.1, 0.15) is 6.92 Å². The molecule has 0 aromatic heterocycles. The first-order chi connectivity index (χ1) is 10.1. The van der Waals surface area contributed by atoms with E-state index in [2.05, 4.69) is 0 Å². The topological polar surface area (TPSA) is 63.7 Å². The van der Waals surface area contributed by atoms with Crippen LogP contribution < -0.4 is 4.90 Å². The Labute approximate surface area is 122 Å². The first kappa shape index (κ1) is 13.6. The lowest BCUT2D eigenvalue weighted by atomic mass is 10.2. The fraction of sp³-hybridized carbons (Fsp3) is 0.133. The lowest BCUT2D eigenvalue weighted by Gasteiger charge is -2.30. The van der Waals surface area contributed by atoms with Gasteiger partial charge in [0.05, 0.1) is 27.8 Å². The zero-order chi connectivity index (χ0) is 15.0. The maximum absolute atomic E-state index is 12.6. The van der Waals surface area contributed by atoms with Crippen molar-refractivity contribution in [1.82, 2.24) is 0 Å². The lowest BCUT2D eigenvalue weighted by Crippen LogP contribution is -2.32. The molecule has 3 rings (SSSR count). The molecule has 0 spiro atoms. The van der Waals surface area contributed by atoms with E-state index in [9.17, 15) is 13.2 Å². The van der Waals surface area contributed by atoms with Crippen LogP contribution in [0, 0.1) is 0 Å². The highest BCUT2D eigenvalue weighted by Crippen LogP contribution is 2.43. The molecule has 1 heterocycles. The minimum absolute atomic E-state index is 0.108. The van der Waals surface area contributed by atoms with Gasteiger partial charge in [0.25, 0.3) is 0 Å². The van der Waals surface area contributed by atoms with E-state index in [-0.39, 0.29) is 16.4 Å². The quantitative estimate of drug-likeness (QED) is 0.812. The fourth-order valence-corrected chi connectivity index (χ4v) is 3.99. The summed E-state index contributed by atoms with van der Waals surface area (Å²) in [5, 5.41) is 0. The average Bonchev–Trinajstić information content (AvgIpc) is 2.48. The number of carbonyl (C=O) groups is 1. The van der Waals surface area contributed by atoms with Crippen LogP contribution in [0.3, 0.4) is 0 Å². The summed E-state index contributed by atoms with van der Waals surface area (Å²) < 4.78 is 30.3. The number of hydrogen-bond acceptors (Lipinski definition) is 4. The van der Waals surface area contributed by atoms with Crippen molar-refractivity contribution >= 4 is 27.3 Å². The number of nitrogens with zero attached hydrogens (tertiary/aromatic N) is 1. The van der Waals surface area contributed by atoms with Crippen LogP contribution in [0.4, 0.5) is 16.2 Å². The highest BCUT2D eigenvalue weighted by atomic mass is 32.2. The van der Waals surface area contributed by atoms with Gasteiger partial charge in [-0.1, -0.05) is 24.3 Å². The Bertz CT molecular complexity index is 760. The number of amides is 1. The summed E-state index contributed by atoms with van der Waals surface area (Å²) in [6.07, 6.45) is -0.590. The first-order valence-corrected chi connectivity index (χ1v) is 7.95. The van der Waals surface area contributed by atoms with E-state index in [0.29, 0.717) is 11.4 Å². The molecule has 0 saturated carbocycles. The number of rotatable bonds is 1. The largest absolute Gasteiger partial charge is 0.449 e. The van der Waals surface area contributed by atoms with Gasteiger partial charge < -0.3 is 4.74 Å². The van der Waals surface area contributed by atoms with Gasteiger partial charge in [-0.2, -0.15) is 0 Å². The van der Waals surface area contributed by atoms with Crippen LogP contribution in [-0.2, 0) is 14.6 Å². The van der Waals surface area contributed by atoms with Crippen molar-refractivity contribution in [2.75, 3.05) is 11.5 Å². The molecule has 0 N–H and O–H groups in total. The van der Waals surface area contributed by atoms with E-state index in [4.69, 9.17) is 4.74 Å². The summed E-state index contributed by atoms with van der Waals surface area (Å²) in [5.41, 5.74) is 0.629. The number of para-hydroxylation sites is 2. The zero-order valence-corrected chi connectivity index (χ0v) is 12.1. The van der Waals surface area contributed by atoms with E-state index in [1.54, 1.807) is 43.3 Å². The summed E-state index contributed by atoms with van der Waals surface area (Å²) in [7, 11) is -3.63. The lowest BCUT2D eigenvalue weighted by molar-refractivity contribution is 0.162. The second-order valence-corrected chi connectivity index (χ2v) is 6.36. The molecule has 1 aliphatic rings. The van der Waals surface area contributed by atoms with Gasteiger partial charge in [-0.3, -0.25) is 0 Å². The van der Waals surface area contributed by atoms with Crippen molar-refractivity contribution in [3.8, 4) is 0 Å². The second-order valence-electron chi connectivity index (χ2n) is 4.47. The third-order valence-corrected chi connectivity index (χ3v) is 5.09. The smallest absolute Gasteiger partial charge is 0.419 e. The molecule has 0 unspecified atom stereocenters. The Kier molecular flexibility index (Phi) is 3.17. The van der Waals surface area contributed by atoms with E-state index in [1.165, 1.54) is 17.0 Å². The van der Waals surface area contributed by atoms with E-state index < -0.39 is 15.9 Å². The van der Waals surface area contributed by atoms with E-state index in [1.807, 2.05) is 0 Å². The molecule has 21 heavy (non-hydrogen) atoms. The van der Waals surface area contributed by atoms with E-state index >= 15 is 0 Å². The number of ether oxygens (including phenoxy) is 1. The van der Waals surface area contributed by atoms with Gasteiger partial charge in [0.15, 0.2) is 0 Å². The molecule has 5 nitrogen and oxygen atoms in total. The van der Waals surface area contributed by atoms with Crippen LogP contribution in [0.15, 0.2) is 58.3 Å². The van der Waals surface area contributed by atoms with Crippen molar-refractivity contribution in [1.29, 1.82) is 0 Å². The first-order valence-electron chi connectivity index (χ1n) is 6.47. The van der Waals surface area contributed by atoms with Gasteiger partial charge in [0.2, 0.25) is 9.84 Å². The van der Waals surface area contributed by atoms with Crippen molar-refractivity contribution in [3.63, 3.8) is 0 Å². The predicted molar refractivity (Wildman–Crippen MR) is 77.5 cm³/mol. The molecule has 0 radical (unpaired) electrons. The minimum Gasteiger partial charge on any atom is -0.449 e. The Morgan fingerprint density at radius 1 is 1.00 bits per heavy atom. The molecule has 0 fully saturated rings. The van der Waals surface area contributed by atoms with Crippen molar-refractivity contribution in [2.24, 2.45) is 0 Å². The van der Waals surface area contributed by atoms with Gasteiger partial charge in [-0.15, -0.1) is 0 Å². The molecule has 2 aromatic rings. The number of carbonyl (C=O) groups excluding carboxylic acids is 1. The Balaban J connectivity index is 2.31. The van der Waals surface area contributed by atoms with Gasteiger partial charge >= 0.3 is 6.09 Å². The summed E-state index contributed by atoms with van der Waals surface area (Å²) in [5.74, 6) is 0. The number of benzene rings is 2. The molecule has 2 aromatic carbocycles. The van der Waals surface area contributed by atoms with Crippen molar-refractivity contribution in [3.05, 3.63) is 48.5 Å². The summed E-state index contributed by atoms with van der Waals surface area (Å²) in [4.78, 5) is 13.8. The third kappa shape index (κ3) is 1.99. The maximum Gasteiger partial charge on any atom is 0.419 e. The van der Waals surface area contributed by atoms with Crippen molar-refractivity contribution in [2.45, 2.75) is 16.7 Å². The number of fused-ring (bicyclic) bond motifs is 2. The van der Waals surface area contributed by atoms with Gasteiger partial charge in [0, 0.05) is 0 Å². The summed E-state index contributed by atoms with van der Waals surface area (Å²) in [6.45, 7) is 1.92. The fourth-order valence-electron chi connectivity index (χ4n) is 2.37. The number of anilines is 2. The van der Waals surface area contributed by atoms with Gasteiger partial charge in [0.1, 0.15) is 0 Å². The van der Waals surface area contributed by atoms with Gasteiger partial charge in [-0.05, 0) is 31.2 Å². The Hall–Kier alpha value is -2.34. The molecule has 0 bridgehead atoms. The molecule has 0 saturated heterocycles. The SMILES string of the molecule is CCOC(=O)N1c2ccccc2S(=O)(=O)c2ccccc21. The molecule has 108 valence electrons. The van der Waals surface area contributed by atoms with E-state index in [0.717, 1.165) is 0 Å². The average molecular weight is 303 g/mol. The van der Waals surface area contributed by atoms with Crippen LogP contribution in [0.2, 0.25) is 0 Å². The Morgan fingerprint density at radius 2 is 1.48 bits per heavy atom.